The quantitative estimate of drug-likeness (QED) is 0.0723. The molecule has 0 radical (unpaired) electrons. The second-order valence-corrected chi connectivity index (χ2v) is 12.7. The largest absolute Gasteiger partial charge is 0.463 e. The van der Waals surface area contributed by atoms with E-state index in [0.29, 0.717) is 11.3 Å². The van der Waals surface area contributed by atoms with Crippen molar-refractivity contribution in [1.29, 1.82) is 0 Å². The third kappa shape index (κ3) is 13.8. The van der Waals surface area contributed by atoms with Gasteiger partial charge in [0.15, 0.2) is 42.7 Å². The summed E-state index contributed by atoms with van der Waals surface area (Å²) >= 11 is 0.819. The van der Waals surface area contributed by atoms with E-state index < -0.39 is 97.0 Å². The molecule has 7 atom stereocenters. The highest BCUT2D eigenvalue weighted by molar-refractivity contribution is 7.99. The highest BCUT2D eigenvalue weighted by Crippen LogP contribution is 2.38. The van der Waals surface area contributed by atoms with Gasteiger partial charge >= 0.3 is 41.8 Å². The summed E-state index contributed by atoms with van der Waals surface area (Å²) in [5.41, 5.74) is 2.56. The molecular weight excluding hydrogens is 772 g/mol. The monoisotopic (exact) mass is 812 g/mol. The van der Waals surface area contributed by atoms with Crippen molar-refractivity contribution < 1.29 is 85.1 Å². The summed E-state index contributed by atoms with van der Waals surface area (Å²) in [6.45, 7) is 8.42. The van der Waals surface area contributed by atoms with Crippen LogP contribution in [0.25, 0.3) is 11.5 Å². The fraction of sp³-hybridized carbons (Fsp3) is 0.545. The number of hydrogen-bond donors (Lipinski definition) is 1. The van der Waals surface area contributed by atoms with Crippen LogP contribution in [0.3, 0.4) is 0 Å². The summed E-state index contributed by atoms with van der Waals surface area (Å²) in [5, 5.41) is 11.7. The Morgan fingerprint density at radius 3 is 2.04 bits per heavy atom. The Labute approximate surface area is 322 Å². The van der Waals surface area contributed by atoms with Crippen LogP contribution in [0.15, 0.2) is 25.2 Å². The van der Waals surface area contributed by atoms with Gasteiger partial charge in [-0.2, -0.15) is 5.10 Å². The van der Waals surface area contributed by atoms with E-state index in [9.17, 15) is 38.4 Å². The molecule has 2 aromatic heterocycles. The zero-order valence-electron chi connectivity index (χ0n) is 31.4. The number of hydrazone groups is 1. The van der Waals surface area contributed by atoms with Crippen molar-refractivity contribution in [2.75, 3.05) is 19.0 Å². The van der Waals surface area contributed by atoms with E-state index in [-0.39, 0.29) is 29.2 Å². The lowest BCUT2D eigenvalue weighted by Gasteiger charge is -2.34. The summed E-state index contributed by atoms with van der Waals surface area (Å²) in [5.74, 6) is -6.13. The van der Waals surface area contributed by atoms with Gasteiger partial charge in [0, 0.05) is 48.5 Å². The summed E-state index contributed by atoms with van der Waals surface area (Å²) in [6.07, 6.45) is -8.54. The zero-order chi connectivity index (χ0) is 41.7. The molecule has 306 valence electrons. The first kappa shape index (κ1) is 44.6. The van der Waals surface area contributed by atoms with E-state index in [1.165, 1.54) is 19.9 Å². The van der Waals surface area contributed by atoms with E-state index in [1.54, 1.807) is 6.92 Å². The van der Waals surface area contributed by atoms with Crippen molar-refractivity contribution in [2.24, 2.45) is 5.10 Å². The van der Waals surface area contributed by atoms with Gasteiger partial charge in [-0.05, 0) is 13.0 Å². The number of carbonyl (C=O) groups excluding carboxylic acids is 8. The summed E-state index contributed by atoms with van der Waals surface area (Å²) in [7, 11) is 0. The molecule has 3 heterocycles. The Morgan fingerprint density at radius 1 is 0.821 bits per heavy atom. The molecule has 1 fully saturated rings. The van der Waals surface area contributed by atoms with Gasteiger partial charge in [-0.15, -0.1) is 10.2 Å². The number of hydrogen-bond acceptors (Lipinski definition) is 22. The topological polar surface area (TPSA) is 287 Å². The fourth-order valence-electron chi connectivity index (χ4n) is 5.09. The lowest BCUT2D eigenvalue weighted by Crippen LogP contribution is -2.53. The maximum atomic E-state index is 12.7. The number of aryl methyl sites for hydroxylation is 1. The number of ether oxygens (including phenoxy) is 8. The predicted octanol–water partition coefficient (Wildman–Crippen LogP) is 1.06. The van der Waals surface area contributed by atoms with Crippen LogP contribution in [0, 0.1) is 6.92 Å². The maximum Gasteiger partial charge on any atom is 0.303 e. The molecule has 23 heteroatoms. The SMILES string of the molecule is CC(=O)OC[C@@H](OC(C)=O)[C@H](OC(C)=O)[C@H](OC(C)=O)[C@H](/C=N/NC(=O)CSc1nnc(-c2cc([C@@H]3OC[C@@H](OC(C)=O)[C@H]3OC(C)=O)oc2C)o1)OC(C)=O. The van der Waals surface area contributed by atoms with Crippen molar-refractivity contribution in [3.63, 3.8) is 0 Å². The molecule has 1 N–H and O–H groups in total. The number of aromatic nitrogens is 2. The molecule has 0 bridgehead atoms. The van der Waals surface area contributed by atoms with Crippen molar-refractivity contribution in [3.05, 3.63) is 17.6 Å². The van der Waals surface area contributed by atoms with Gasteiger partial charge in [-0.3, -0.25) is 38.4 Å². The van der Waals surface area contributed by atoms with E-state index >= 15 is 0 Å². The van der Waals surface area contributed by atoms with E-state index in [2.05, 4.69) is 20.7 Å². The third-order valence-corrected chi connectivity index (χ3v) is 7.82. The number of nitrogens with zero attached hydrogens (tertiary/aromatic N) is 3. The van der Waals surface area contributed by atoms with E-state index in [4.69, 9.17) is 46.7 Å². The zero-order valence-corrected chi connectivity index (χ0v) is 32.2. The second kappa shape index (κ2) is 20.7. The first-order chi connectivity index (χ1) is 26.3. The minimum Gasteiger partial charge on any atom is -0.463 e. The Kier molecular flexibility index (Phi) is 16.5. The molecule has 0 saturated carbocycles. The lowest BCUT2D eigenvalue weighted by molar-refractivity contribution is -0.197. The van der Waals surface area contributed by atoms with Crippen molar-refractivity contribution >= 4 is 65.7 Å². The van der Waals surface area contributed by atoms with Gasteiger partial charge in [-0.25, -0.2) is 5.43 Å². The highest BCUT2D eigenvalue weighted by atomic mass is 32.2. The van der Waals surface area contributed by atoms with Gasteiger partial charge in [-0.1, -0.05) is 11.8 Å². The number of furan rings is 1. The second-order valence-electron chi connectivity index (χ2n) is 11.7. The van der Waals surface area contributed by atoms with Gasteiger partial charge in [0.1, 0.15) is 18.1 Å². The Morgan fingerprint density at radius 2 is 1.45 bits per heavy atom. The van der Waals surface area contributed by atoms with E-state index in [0.717, 1.165) is 52.6 Å². The minimum atomic E-state index is -1.73. The first-order valence-electron chi connectivity index (χ1n) is 16.5. The average Bonchev–Trinajstić information content (AvgIpc) is 3.81. The molecule has 0 aliphatic carbocycles. The van der Waals surface area contributed by atoms with Crippen LogP contribution in [-0.4, -0.2) is 120 Å². The number of esters is 7. The third-order valence-electron chi connectivity index (χ3n) is 7.00. The summed E-state index contributed by atoms with van der Waals surface area (Å²) in [6, 6.07) is 1.54. The van der Waals surface area contributed by atoms with Crippen LogP contribution in [0.5, 0.6) is 0 Å². The van der Waals surface area contributed by atoms with Gasteiger partial charge in [0.25, 0.3) is 17.0 Å². The molecule has 56 heavy (non-hydrogen) atoms. The van der Waals surface area contributed by atoms with E-state index in [1.807, 2.05) is 0 Å². The molecule has 0 unspecified atom stereocenters. The number of thioether (sulfide) groups is 1. The highest BCUT2D eigenvalue weighted by Gasteiger charge is 2.46. The molecule has 0 spiro atoms. The Hall–Kier alpha value is -5.84. The number of amides is 1. The minimum absolute atomic E-state index is 0.0147. The standard InChI is InChI=1S/C33H40N4O18S/c1-14-22(9-23(48-14)28-30(53-20(7)43)26(12-47-28)51-18(5)41)32-36-37-33(55-32)56-13-27(45)35-34-10-24(49-16(3)39)29(52-19(6)42)31(54-21(8)44)25(50-17(4)40)11-46-15(2)38/h9-10,24-26,28-31H,11-13H2,1-8H3,(H,35,45)/b34-10+/t24-,25+,26+,28-,29+,30+,31-/m0/s1. The van der Waals surface area contributed by atoms with Crippen molar-refractivity contribution in [3.8, 4) is 11.5 Å². The molecule has 1 saturated heterocycles. The van der Waals surface area contributed by atoms with Crippen LogP contribution >= 0.6 is 11.8 Å². The normalized spacial score (nSPS) is 18.5. The molecule has 1 aliphatic rings. The van der Waals surface area contributed by atoms with Gasteiger partial charge in [0.2, 0.25) is 0 Å². The van der Waals surface area contributed by atoms with Gasteiger partial charge in [0.05, 0.1) is 24.1 Å². The molecular formula is C33H40N4O18S. The van der Waals surface area contributed by atoms with Gasteiger partial charge < -0.3 is 46.7 Å². The Bertz CT molecular complexity index is 1810. The van der Waals surface area contributed by atoms with Crippen LogP contribution in [-0.2, 0) is 76.3 Å². The predicted molar refractivity (Wildman–Crippen MR) is 183 cm³/mol. The fourth-order valence-corrected chi connectivity index (χ4v) is 5.64. The smallest absolute Gasteiger partial charge is 0.303 e. The van der Waals surface area contributed by atoms with Crippen LogP contribution < -0.4 is 5.43 Å². The summed E-state index contributed by atoms with van der Waals surface area (Å²) in [4.78, 5) is 95.7. The Balaban J connectivity index is 1.74. The number of rotatable bonds is 18. The molecule has 3 rings (SSSR count). The van der Waals surface area contributed by atoms with Crippen LogP contribution in [0.2, 0.25) is 0 Å². The van der Waals surface area contributed by atoms with Crippen LogP contribution in [0.1, 0.15) is 66.1 Å². The van der Waals surface area contributed by atoms with Crippen molar-refractivity contribution in [1.82, 2.24) is 15.6 Å². The molecule has 1 amide bonds. The average molecular weight is 813 g/mol. The summed E-state index contributed by atoms with van der Waals surface area (Å²) < 4.78 is 53.8. The number of carbonyl (C=O) groups is 8. The molecule has 0 aromatic carbocycles. The molecule has 22 nitrogen and oxygen atoms in total. The lowest BCUT2D eigenvalue weighted by atomic mass is 10.0. The van der Waals surface area contributed by atoms with Crippen LogP contribution in [0.4, 0.5) is 0 Å². The molecule has 1 aliphatic heterocycles. The number of nitrogens with one attached hydrogen (secondary N) is 1. The first-order valence-corrected chi connectivity index (χ1v) is 17.5. The molecule has 2 aromatic rings. The van der Waals surface area contributed by atoms with Crippen molar-refractivity contribution in [2.45, 2.75) is 103 Å². The maximum absolute atomic E-state index is 12.7.